The number of hydrogen-bond donors (Lipinski definition) is 2. The van der Waals surface area contributed by atoms with E-state index in [1.165, 1.54) is 0 Å². The van der Waals surface area contributed by atoms with Crippen molar-refractivity contribution in [2.24, 2.45) is 0 Å². The number of carbonyl (C=O) groups excluding carboxylic acids is 3. The quantitative estimate of drug-likeness (QED) is 0.321. The van der Waals surface area contributed by atoms with Crippen LogP contribution in [-0.4, -0.2) is 65.1 Å². The van der Waals surface area contributed by atoms with E-state index < -0.39 is 18.1 Å². The molecule has 10 heteroatoms. The fourth-order valence-electron chi connectivity index (χ4n) is 8.10. The number of hydrogen-bond acceptors (Lipinski definition) is 5. The average Bonchev–Trinajstić information content (AvgIpc) is 3.66. The number of aromatic nitrogens is 2. The molecule has 10 nitrogen and oxygen atoms in total. The third-order valence-corrected chi connectivity index (χ3v) is 9.93. The third kappa shape index (κ3) is 3.27. The molecule has 1 fully saturated rings. The molecule has 43 heavy (non-hydrogen) atoms. The highest BCUT2D eigenvalue weighted by atomic mass is 16.6. The fourth-order valence-corrected chi connectivity index (χ4v) is 8.10. The summed E-state index contributed by atoms with van der Waals surface area (Å²) >= 11 is 0. The van der Waals surface area contributed by atoms with Gasteiger partial charge in [0.1, 0.15) is 12.3 Å². The van der Waals surface area contributed by atoms with E-state index in [9.17, 15) is 14.4 Å². The van der Waals surface area contributed by atoms with Crippen LogP contribution in [0.15, 0.2) is 48.5 Å². The zero-order valence-corrected chi connectivity index (χ0v) is 24.6. The molecule has 8 rings (SSSR count). The predicted molar refractivity (Wildman–Crippen MR) is 165 cm³/mol. The molecule has 2 aromatic heterocycles. The monoisotopic (exact) mass is 581 g/mol. The molecular formula is C33H35N5O5. The normalized spacial score (nSPS) is 24.1. The maximum atomic E-state index is 13.5. The highest BCUT2D eigenvalue weighted by molar-refractivity contribution is 6.31. The van der Waals surface area contributed by atoms with Crippen LogP contribution >= 0.6 is 0 Å². The Morgan fingerprint density at radius 3 is 2.51 bits per heavy atom. The lowest BCUT2D eigenvalue weighted by atomic mass is 9.91. The molecule has 0 spiro atoms. The van der Waals surface area contributed by atoms with Crippen LogP contribution in [0.3, 0.4) is 0 Å². The fraction of sp³-hybridized carbons (Fsp3) is 0.364. The van der Waals surface area contributed by atoms with Gasteiger partial charge in [0, 0.05) is 70.0 Å². The second kappa shape index (κ2) is 9.05. The number of ether oxygens (including phenoxy) is 2. The lowest BCUT2D eigenvalue weighted by Gasteiger charge is -2.50. The SMILES string of the molecule is CNC(=O)CCC(=O)N(C)[C@@H]1C[C@H]2O[C@@](C)([C@@H]1OC)n1c3ccccc3c3c4c(c5c6ccccc6n2c5c31)C(=O)NC4.[HH]. The van der Waals surface area contributed by atoms with Gasteiger partial charge in [0.2, 0.25) is 11.8 Å². The van der Waals surface area contributed by atoms with E-state index in [-0.39, 0.29) is 38.0 Å². The van der Waals surface area contributed by atoms with E-state index in [0.717, 1.165) is 54.7 Å². The van der Waals surface area contributed by atoms with Crippen LogP contribution in [0.25, 0.3) is 43.6 Å². The number of fused-ring (bicyclic) bond motifs is 13. The number of methoxy groups -OCH3 is 1. The van der Waals surface area contributed by atoms with E-state index in [2.05, 4.69) is 44.0 Å². The van der Waals surface area contributed by atoms with Crippen molar-refractivity contribution in [3.63, 3.8) is 0 Å². The first-order valence-corrected chi connectivity index (χ1v) is 14.8. The second-order valence-corrected chi connectivity index (χ2v) is 12.0. The zero-order chi connectivity index (χ0) is 29.8. The number of rotatable bonds is 5. The molecule has 0 unspecified atom stereocenters. The summed E-state index contributed by atoms with van der Waals surface area (Å²) in [5.74, 6) is -0.367. The molecule has 3 aliphatic rings. The van der Waals surface area contributed by atoms with Gasteiger partial charge < -0.3 is 34.1 Å². The first-order valence-electron chi connectivity index (χ1n) is 14.8. The molecule has 222 valence electrons. The van der Waals surface area contributed by atoms with Gasteiger partial charge >= 0.3 is 0 Å². The Balaban J connectivity index is 0.00000312. The molecule has 0 aliphatic carbocycles. The summed E-state index contributed by atoms with van der Waals surface area (Å²) in [5, 5.41) is 9.71. The van der Waals surface area contributed by atoms with Gasteiger partial charge in [0.05, 0.1) is 33.7 Å². The molecule has 4 atom stereocenters. The van der Waals surface area contributed by atoms with Crippen LogP contribution in [0.1, 0.15) is 49.8 Å². The Hall–Kier alpha value is -4.41. The van der Waals surface area contributed by atoms with Crippen molar-refractivity contribution in [1.29, 1.82) is 0 Å². The minimum Gasteiger partial charge on any atom is -0.374 e. The molecule has 2 bridgehead atoms. The van der Waals surface area contributed by atoms with Crippen LogP contribution in [0.4, 0.5) is 0 Å². The van der Waals surface area contributed by atoms with E-state index in [4.69, 9.17) is 9.47 Å². The Kier molecular flexibility index (Phi) is 5.52. The van der Waals surface area contributed by atoms with E-state index >= 15 is 0 Å². The first kappa shape index (κ1) is 26.2. The van der Waals surface area contributed by atoms with Crippen LogP contribution in [0, 0.1) is 0 Å². The minimum absolute atomic E-state index is 0. The molecule has 3 aromatic carbocycles. The maximum absolute atomic E-state index is 13.5. The second-order valence-electron chi connectivity index (χ2n) is 12.0. The highest BCUT2D eigenvalue weighted by Gasteiger charge is 2.54. The predicted octanol–water partition coefficient (Wildman–Crippen LogP) is 4.37. The number of para-hydroxylation sites is 2. The van der Waals surface area contributed by atoms with Gasteiger partial charge in [-0.15, -0.1) is 0 Å². The van der Waals surface area contributed by atoms with Gasteiger partial charge in [-0.2, -0.15) is 0 Å². The molecule has 0 saturated carbocycles. The van der Waals surface area contributed by atoms with Crippen LogP contribution in [-0.2, 0) is 31.3 Å². The minimum atomic E-state index is -1.02. The Bertz CT molecular complexity index is 2050. The van der Waals surface area contributed by atoms with Crippen molar-refractivity contribution in [3.05, 3.63) is 59.7 Å². The van der Waals surface area contributed by atoms with E-state index in [1.807, 2.05) is 31.2 Å². The molecule has 0 radical (unpaired) electrons. The summed E-state index contributed by atoms with van der Waals surface area (Å²) in [7, 11) is 5.03. The molecule has 5 heterocycles. The largest absolute Gasteiger partial charge is 0.374 e. The standard InChI is InChI=1S/C33H33N5O5.H2/c1-33-31(42-4)22(36(3)24(40)14-13-23(39)34-2)15-25(43-33)37-20-11-7-5-9-17(20)27-28-19(16-35-32(28)41)26-18-10-6-8-12-21(18)38(33)30(26)29(27)37;/h5-12,22,25,31H,13-16H2,1-4H3,(H,34,39)(H,35,41);1H/t22-,25-,31-,33+;/m1./s1. The van der Waals surface area contributed by atoms with Crippen LogP contribution < -0.4 is 10.6 Å². The van der Waals surface area contributed by atoms with Gasteiger partial charge in [0.25, 0.3) is 5.91 Å². The lowest BCUT2D eigenvalue weighted by Crippen LogP contribution is -2.61. The van der Waals surface area contributed by atoms with Crippen molar-refractivity contribution < 1.29 is 25.3 Å². The van der Waals surface area contributed by atoms with Crippen molar-refractivity contribution >= 4 is 61.3 Å². The van der Waals surface area contributed by atoms with Gasteiger partial charge in [-0.25, -0.2) is 0 Å². The molecule has 3 amide bonds. The molecular weight excluding hydrogens is 546 g/mol. The molecule has 3 aliphatic heterocycles. The molecule has 5 aromatic rings. The van der Waals surface area contributed by atoms with Crippen molar-refractivity contribution in [3.8, 4) is 0 Å². The van der Waals surface area contributed by atoms with Crippen molar-refractivity contribution in [2.45, 2.75) is 56.8 Å². The van der Waals surface area contributed by atoms with Gasteiger partial charge in [-0.1, -0.05) is 36.4 Å². The van der Waals surface area contributed by atoms with Gasteiger partial charge in [0.15, 0.2) is 5.72 Å². The Morgan fingerprint density at radius 1 is 1.09 bits per heavy atom. The van der Waals surface area contributed by atoms with Gasteiger partial charge in [-0.3, -0.25) is 14.4 Å². The Labute approximate surface area is 249 Å². The smallest absolute Gasteiger partial charge is 0.252 e. The number of likely N-dealkylation sites (N-methyl/N-ethyl adjacent to an activating group) is 1. The summed E-state index contributed by atoms with van der Waals surface area (Å²) in [5.41, 5.74) is 4.62. The molecule has 1 saturated heterocycles. The summed E-state index contributed by atoms with van der Waals surface area (Å²) in [4.78, 5) is 40.7. The summed E-state index contributed by atoms with van der Waals surface area (Å²) in [6, 6.07) is 16.0. The number of amides is 3. The average molecular weight is 582 g/mol. The number of benzene rings is 3. The summed E-state index contributed by atoms with van der Waals surface area (Å²) in [6.45, 7) is 2.50. The number of nitrogens with one attached hydrogen (secondary N) is 2. The Morgan fingerprint density at radius 2 is 1.79 bits per heavy atom. The van der Waals surface area contributed by atoms with Crippen molar-refractivity contribution in [1.82, 2.24) is 24.7 Å². The summed E-state index contributed by atoms with van der Waals surface area (Å²) < 4.78 is 17.9. The van der Waals surface area contributed by atoms with E-state index in [0.29, 0.717) is 13.0 Å². The number of carbonyl (C=O) groups is 3. The van der Waals surface area contributed by atoms with Gasteiger partial charge in [-0.05, 0) is 24.6 Å². The topological polar surface area (TPSA) is 107 Å². The van der Waals surface area contributed by atoms with Crippen LogP contribution in [0.5, 0.6) is 0 Å². The first-order chi connectivity index (χ1) is 20.8. The zero-order valence-electron chi connectivity index (χ0n) is 24.6. The number of nitrogens with zero attached hydrogens (tertiary/aromatic N) is 3. The molecule has 2 N–H and O–H groups in total. The van der Waals surface area contributed by atoms with Crippen molar-refractivity contribution in [2.75, 3.05) is 21.2 Å². The lowest BCUT2D eigenvalue weighted by molar-refractivity contribution is -0.266. The third-order valence-electron chi connectivity index (χ3n) is 9.93. The highest BCUT2D eigenvalue weighted by Crippen LogP contribution is 2.54. The van der Waals surface area contributed by atoms with E-state index in [1.54, 1.807) is 26.1 Å². The van der Waals surface area contributed by atoms with Crippen LogP contribution in [0.2, 0.25) is 0 Å². The summed E-state index contributed by atoms with van der Waals surface area (Å²) in [6.07, 6.45) is -0.303. The maximum Gasteiger partial charge on any atom is 0.252 e.